The summed E-state index contributed by atoms with van der Waals surface area (Å²) in [4.78, 5) is 11.7. The molecule has 0 spiro atoms. The van der Waals surface area contributed by atoms with Gasteiger partial charge in [-0.1, -0.05) is 6.92 Å². The van der Waals surface area contributed by atoms with Crippen molar-refractivity contribution in [3.05, 3.63) is 0 Å². The van der Waals surface area contributed by atoms with Crippen LogP contribution in [0.25, 0.3) is 0 Å². The third-order valence-corrected chi connectivity index (χ3v) is 2.88. The van der Waals surface area contributed by atoms with Crippen LogP contribution >= 0.6 is 0 Å². The molecule has 0 aliphatic carbocycles. The van der Waals surface area contributed by atoms with Crippen LogP contribution in [0.5, 0.6) is 0 Å². The summed E-state index contributed by atoms with van der Waals surface area (Å²) in [5, 5.41) is 7.40. The van der Waals surface area contributed by atoms with Gasteiger partial charge < -0.3 is 5.32 Å². The van der Waals surface area contributed by atoms with Crippen molar-refractivity contribution >= 4 is 5.91 Å². The van der Waals surface area contributed by atoms with E-state index in [1.807, 2.05) is 11.9 Å². The first-order valence-electron chi connectivity index (χ1n) is 5.06. The Kier molecular flexibility index (Phi) is 2.51. The first-order chi connectivity index (χ1) is 6.29. The molecular weight excluding hydrogens is 166 g/mol. The van der Waals surface area contributed by atoms with E-state index in [1.165, 1.54) is 0 Å². The van der Waals surface area contributed by atoms with Gasteiger partial charge in [-0.3, -0.25) is 9.80 Å². The van der Waals surface area contributed by atoms with E-state index >= 15 is 0 Å². The van der Waals surface area contributed by atoms with Crippen molar-refractivity contribution in [3.8, 4) is 0 Å². The van der Waals surface area contributed by atoms with E-state index in [1.54, 1.807) is 0 Å². The standard InChI is InChI=1S/C9H17N3O/c1-8-2-5-12(9(8)13)11-6-3-10-4-7-11/h8,10H,2-7H2,1H3. The maximum Gasteiger partial charge on any atom is 0.239 e. The summed E-state index contributed by atoms with van der Waals surface area (Å²) in [6.45, 7) is 6.87. The van der Waals surface area contributed by atoms with E-state index in [9.17, 15) is 4.79 Å². The number of nitrogens with zero attached hydrogens (tertiary/aromatic N) is 2. The van der Waals surface area contributed by atoms with Gasteiger partial charge in [-0.15, -0.1) is 0 Å². The Morgan fingerprint density at radius 1 is 1.31 bits per heavy atom. The van der Waals surface area contributed by atoms with Gasteiger partial charge in [-0.05, 0) is 6.42 Å². The summed E-state index contributed by atoms with van der Waals surface area (Å²) in [7, 11) is 0. The van der Waals surface area contributed by atoms with Crippen molar-refractivity contribution in [2.24, 2.45) is 5.92 Å². The second-order valence-corrected chi connectivity index (χ2v) is 3.85. The number of carbonyl (C=O) groups is 1. The van der Waals surface area contributed by atoms with E-state index < -0.39 is 0 Å². The molecule has 0 radical (unpaired) electrons. The molecule has 74 valence electrons. The van der Waals surface area contributed by atoms with E-state index in [0.717, 1.165) is 39.1 Å². The van der Waals surface area contributed by atoms with Crippen LogP contribution in [0.3, 0.4) is 0 Å². The van der Waals surface area contributed by atoms with Crippen molar-refractivity contribution in [1.29, 1.82) is 0 Å². The smallest absolute Gasteiger partial charge is 0.239 e. The average molecular weight is 183 g/mol. The van der Waals surface area contributed by atoms with E-state index in [4.69, 9.17) is 0 Å². The summed E-state index contributed by atoms with van der Waals surface area (Å²) in [5.41, 5.74) is 0. The van der Waals surface area contributed by atoms with Gasteiger partial charge in [0.05, 0.1) is 0 Å². The summed E-state index contributed by atoms with van der Waals surface area (Å²) < 4.78 is 0. The molecule has 1 atom stereocenters. The minimum atomic E-state index is 0.231. The topological polar surface area (TPSA) is 35.6 Å². The zero-order chi connectivity index (χ0) is 9.26. The number of hydrogen-bond donors (Lipinski definition) is 1. The lowest BCUT2D eigenvalue weighted by Crippen LogP contribution is -2.53. The lowest BCUT2D eigenvalue weighted by atomic mass is 10.1. The van der Waals surface area contributed by atoms with Crippen LogP contribution in [-0.4, -0.2) is 48.6 Å². The molecule has 0 saturated carbocycles. The highest BCUT2D eigenvalue weighted by molar-refractivity contribution is 5.79. The van der Waals surface area contributed by atoms with Gasteiger partial charge in [0.25, 0.3) is 0 Å². The number of hydrazine groups is 1. The molecule has 0 bridgehead atoms. The van der Waals surface area contributed by atoms with Gasteiger partial charge in [0.15, 0.2) is 0 Å². The normalized spacial score (nSPS) is 31.3. The van der Waals surface area contributed by atoms with Gasteiger partial charge >= 0.3 is 0 Å². The molecule has 0 aromatic carbocycles. The largest absolute Gasteiger partial charge is 0.314 e. The molecular formula is C9H17N3O. The highest BCUT2D eigenvalue weighted by Gasteiger charge is 2.32. The van der Waals surface area contributed by atoms with E-state index in [-0.39, 0.29) is 5.92 Å². The molecule has 0 aromatic rings. The van der Waals surface area contributed by atoms with Gasteiger partial charge in [0.1, 0.15) is 0 Å². The fraction of sp³-hybridized carbons (Fsp3) is 0.889. The number of carbonyl (C=O) groups excluding carboxylic acids is 1. The minimum Gasteiger partial charge on any atom is -0.314 e. The first-order valence-corrected chi connectivity index (χ1v) is 5.06. The second-order valence-electron chi connectivity index (χ2n) is 3.85. The highest BCUT2D eigenvalue weighted by atomic mass is 16.2. The molecule has 0 aromatic heterocycles. The molecule has 1 amide bonds. The Bertz CT molecular complexity index is 201. The zero-order valence-electron chi connectivity index (χ0n) is 8.12. The maximum atomic E-state index is 11.7. The Morgan fingerprint density at radius 2 is 2.00 bits per heavy atom. The minimum absolute atomic E-state index is 0.231. The van der Waals surface area contributed by atoms with Crippen molar-refractivity contribution in [1.82, 2.24) is 15.3 Å². The third-order valence-electron chi connectivity index (χ3n) is 2.88. The summed E-state index contributed by atoms with van der Waals surface area (Å²) >= 11 is 0. The Hall–Kier alpha value is -0.610. The fourth-order valence-corrected chi connectivity index (χ4v) is 1.98. The lowest BCUT2D eigenvalue weighted by molar-refractivity contribution is -0.146. The molecule has 2 saturated heterocycles. The van der Waals surface area contributed by atoms with E-state index in [0.29, 0.717) is 5.91 Å². The fourth-order valence-electron chi connectivity index (χ4n) is 1.98. The number of piperazine rings is 1. The number of hydrogen-bond acceptors (Lipinski definition) is 3. The first kappa shape index (κ1) is 8.97. The molecule has 4 nitrogen and oxygen atoms in total. The van der Waals surface area contributed by atoms with Gasteiger partial charge in [0, 0.05) is 38.6 Å². The molecule has 1 unspecified atom stereocenters. The molecule has 2 aliphatic heterocycles. The van der Waals surface area contributed by atoms with Crippen LogP contribution in [0, 0.1) is 5.92 Å². The second kappa shape index (κ2) is 3.64. The van der Waals surface area contributed by atoms with Gasteiger partial charge in [-0.25, -0.2) is 5.01 Å². The van der Waals surface area contributed by atoms with E-state index in [2.05, 4.69) is 10.3 Å². The molecule has 2 fully saturated rings. The SMILES string of the molecule is CC1CCN(N2CCNCC2)C1=O. The van der Waals surface area contributed by atoms with Crippen LogP contribution in [0.1, 0.15) is 13.3 Å². The predicted molar refractivity (Wildman–Crippen MR) is 49.9 cm³/mol. The zero-order valence-corrected chi connectivity index (χ0v) is 8.12. The number of nitrogens with one attached hydrogen (secondary N) is 1. The molecule has 4 heteroatoms. The van der Waals surface area contributed by atoms with Gasteiger partial charge in [0.2, 0.25) is 5.91 Å². The predicted octanol–water partition coefficient (Wildman–Crippen LogP) is -0.325. The van der Waals surface area contributed by atoms with Crippen LogP contribution in [0.2, 0.25) is 0 Å². The lowest BCUT2D eigenvalue weighted by Gasteiger charge is -2.35. The molecule has 1 N–H and O–H groups in total. The van der Waals surface area contributed by atoms with Crippen LogP contribution < -0.4 is 5.32 Å². The number of amides is 1. The monoisotopic (exact) mass is 183 g/mol. The Morgan fingerprint density at radius 3 is 2.54 bits per heavy atom. The van der Waals surface area contributed by atoms with Crippen molar-refractivity contribution in [2.45, 2.75) is 13.3 Å². The molecule has 2 aliphatic rings. The number of rotatable bonds is 1. The highest BCUT2D eigenvalue weighted by Crippen LogP contribution is 2.19. The summed E-state index contributed by atoms with van der Waals surface area (Å²) in [6.07, 6.45) is 1.02. The third kappa shape index (κ3) is 1.69. The summed E-state index contributed by atoms with van der Waals surface area (Å²) in [6, 6.07) is 0. The van der Waals surface area contributed by atoms with Crippen LogP contribution in [-0.2, 0) is 4.79 Å². The molecule has 13 heavy (non-hydrogen) atoms. The quantitative estimate of drug-likeness (QED) is 0.605. The van der Waals surface area contributed by atoms with Crippen molar-refractivity contribution in [2.75, 3.05) is 32.7 Å². The van der Waals surface area contributed by atoms with Crippen molar-refractivity contribution in [3.63, 3.8) is 0 Å². The average Bonchev–Trinajstić information content (AvgIpc) is 2.49. The van der Waals surface area contributed by atoms with Gasteiger partial charge in [-0.2, -0.15) is 0 Å². The summed E-state index contributed by atoms with van der Waals surface area (Å²) in [5.74, 6) is 0.539. The maximum absolute atomic E-state index is 11.7. The molecule has 2 rings (SSSR count). The van der Waals surface area contributed by atoms with Crippen LogP contribution in [0.15, 0.2) is 0 Å². The Labute approximate surface area is 78.8 Å². The molecule has 2 heterocycles. The Balaban J connectivity index is 1.96. The van der Waals surface area contributed by atoms with Crippen molar-refractivity contribution < 1.29 is 4.79 Å². The van der Waals surface area contributed by atoms with Crippen LogP contribution in [0.4, 0.5) is 0 Å².